The van der Waals surface area contributed by atoms with Crippen molar-refractivity contribution < 1.29 is 34.8 Å². The number of allylic oxidation sites excluding steroid dienone is 1. The molecule has 0 aromatic rings. The summed E-state index contributed by atoms with van der Waals surface area (Å²) in [6, 6.07) is 0. The van der Waals surface area contributed by atoms with Gasteiger partial charge < -0.3 is 20.4 Å². The number of aliphatic hydroxyl groups is 3. The third-order valence-electron chi connectivity index (χ3n) is 10.4. The highest BCUT2D eigenvalue weighted by Gasteiger charge is 2.72. The zero-order valence-electron chi connectivity index (χ0n) is 19.8. The lowest BCUT2D eigenvalue weighted by molar-refractivity contribution is -0.224. The summed E-state index contributed by atoms with van der Waals surface area (Å²) in [6.45, 7) is 3.35. The Morgan fingerprint density at radius 2 is 1.82 bits per heavy atom. The maximum absolute atomic E-state index is 12.7. The Hall–Kier alpha value is -1.57. The van der Waals surface area contributed by atoms with E-state index in [1.165, 1.54) is 0 Å². The Morgan fingerprint density at radius 1 is 1.09 bits per heavy atom. The van der Waals surface area contributed by atoms with E-state index in [0.717, 1.165) is 18.4 Å². The molecule has 4 aliphatic rings. The van der Waals surface area contributed by atoms with E-state index in [1.807, 2.05) is 6.92 Å². The van der Waals surface area contributed by atoms with Crippen LogP contribution in [-0.4, -0.2) is 56.3 Å². The number of ketones is 2. The molecule has 184 valence electrons. The number of hydrogen-bond donors (Lipinski definition) is 4. The molecule has 7 atom stereocenters. The van der Waals surface area contributed by atoms with Gasteiger partial charge in [-0.3, -0.25) is 14.4 Å². The van der Waals surface area contributed by atoms with E-state index >= 15 is 0 Å². The maximum Gasteiger partial charge on any atom is 0.303 e. The number of aliphatic hydroxyl groups excluding tert-OH is 2. The maximum atomic E-state index is 12.7. The molecule has 0 spiro atoms. The molecular weight excluding hydrogens is 424 g/mol. The van der Waals surface area contributed by atoms with E-state index in [2.05, 4.69) is 6.92 Å². The van der Waals surface area contributed by atoms with Crippen molar-refractivity contribution in [2.24, 2.45) is 28.1 Å². The second-order valence-corrected chi connectivity index (χ2v) is 11.5. The number of carboxylic acids is 1. The van der Waals surface area contributed by atoms with Crippen LogP contribution in [0.1, 0.15) is 84.5 Å². The minimum absolute atomic E-state index is 0.0110. The van der Waals surface area contributed by atoms with Crippen LogP contribution >= 0.6 is 0 Å². The largest absolute Gasteiger partial charge is 0.481 e. The Morgan fingerprint density at radius 3 is 2.48 bits per heavy atom. The summed E-state index contributed by atoms with van der Waals surface area (Å²) in [5, 5.41) is 42.1. The predicted octanol–water partition coefficient (Wildman–Crippen LogP) is 2.80. The number of carboxylic acid groups (broad SMARTS) is 1. The average molecular weight is 463 g/mol. The highest BCUT2D eigenvalue weighted by atomic mass is 16.4. The second kappa shape index (κ2) is 8.28. The lowest BCUT2D eigenvalue weighted by Gasteiger charge is -2.68. The first-order chi connectivity index (χ1) is 15.5. The van der Waals surface area contributed by atoms with Crippen molar-refractivity contribution in [3.63, 3.8) is 0 Å². The van der Waals surface area contributed by atoms with E-state index in [0.29, 0.717) is 38.5 Å². The van der Waals surface area contributed by atoms with Crippen LogP contribution in [-0.2, 0) is 14.4 Å². The molecule has 0 saturated heterocycles. The van der Waals surface area contributed by atoms with E-state index in [-0.39, 0.29) is 42.3 Å². The monoisotopic (exact) mass is 462 g/mol. The molecular formula is C26H38O7. The van der Waals surface area contributed by atoms with Crippen LogP contribution in [0.4, 0.5) is 0 Å². The van der Waals surface area contributed by atoms with Crippen LogP contribution in [0.15, 0.2) is 11.6 Å². The fourth-order valence-electron chi connectivity index (χ4n) is 8.73. The van der Waals surface area contributed by atoms with Gasteiger partial charge >= 0.3 is 5.97 Å². The van der Waals surface area contributed by atoms with Crippen LogP contribution < -0.4 is 0 Å². The third kappa shape index (κ3) is 3.29. The number of fused-ring (bicyclic) bond motifs is 5. The number of unbranched alkanes of at least 4 members (excludes halogenated alkanes) is 1. The predicted molar refractivity (Wildman–Crippen MR) is 120 cm³/mol. The summed E-state index contributed by atoms with van der Waals surface area (Å²) in [7, 11) is 0. The Balaban J connectivity index is 1.78. The van der Waals surface area contributed by atoms with Crippen LogP contribution in [0.25, 0.3) is 0 Å². The Kier molecular flexibility index (Phi) is 6.16. The standard InChI is InChI=1S/C26H38O7/c1-23-11-8-17(28)13-16(23)6-7-19-18-9-12-26(33,21(30)15-27)24(18,2)14-20(29)25(19,23)10-4-3-5-22(31)32/h13,18-20,27,29,33H,3-12,14-15H2,1-2H3,(H,31,32)/t18-,19-,20-,23-,24-,25+,26-/m0/s1. The van der Waals surface area contributed by atoms with Gasteiger partial charge in [0.2, 0.25) is 0 Å². The Labute approximate surface area is 195 Å². The molecule has 3 saturated carbocycles. The lowest BCUT2D eigenvalue weighted by Crippen LogP contribution is -2.67. The number of Topliss-reactive ketones (excluding diaryl/α,β-unsaturated/α-hetero) is 1. The van der Waals surface area contributed by atoms with E-state index in [4.69, 9.17) is 5.11 Å². The summed E-state index contributed by atoms with van der Waals surface area (Å²) in [5.41, 5.74) is -2.30. The summed E-state index contributed by atoms with van der Waals surface area (Å²) in [4.78, 5) is 36.0. The second-order valence-electron chi connectivity index (χ2n) is 11.5. The average Bonchev–Trinajstić information content (AvgIpc) is 3.02. The summed E-state index contributed by atoms with van der Waals surface area (Å²) < 4.78 is 0. The third-order valence-corrected chi connectivity index (χ3v) is 10.4. The first-order valence-corrected chi connectivity index (χ1v) is 12.5. The van der Waals surface area contributed by atoms with Gasteiger partial charge in [-0.25, -0.2) is 0 Å². The van der Waals surface area contributed by atoms with E-state index in [1.54, 1.807) is 6.08 Å². The molecule has 7 heteroatoms. The smallest absolute Gasteiger partial charge is 0.303 e. The van der Waals surface area contributed by atoms with Gasteiger partial charge in [0.05, 0.1) is 6.10 Å². The fraction of sp³-hybridized carbons (Fsp3) is 0.808. The van der Waals surface area contributed by atoms with Gasteiger partial charge in [-0.1, -0.05) is 25.8 Å². The quantitative estimate of drug-likeness (QED) is 0.428. The van der Waals surface area contributed by atoms with Gasteiger partial charge in [0.25, 0.3) is 0 Å². The van der Waals surface area contributed by atoms with Gasteiger partial charge in [0.1, 0.15) is 12.2 Å². The molecule has 7 nitrogen and oxygen atoms in total. The highest BCUT2D eigenvalue weighted by Crippen LogP contribution is 2.73. The van der Waals surface area contributed by atoms with Crippen LogP contribution in [0.5, 0.6) is 0 Å². The number of hydrogen-bond acceptors (Lipinski definition) is 6. The fourth-order valence-corrected chi connectivity index (χ4v) is 8.73. The molecule has 4 rings (SSSR count). The number of carbonyl (C=O) groups excluding carboxylic acids is 2. The zero-order valence-corrected chi connectivity index (χ0v) is 19.8. The first-order valence-electron chi connectivity index (χ1n) is 12.5. The van der Waals surface area contributed by atoms with Crippen molar-refractivity contribution in [2.75, 3.05) is 6.61 Å². The Bertz CT molecular complexity index is 880. The molecule has 0 amide bonds. The van der Waals surface area contributed by atoms with Crippen molar-refractivity contribution in [1.29, 1.82) is 0 Å². The summed E-state index contributed by atoms with van der Waals surface area (Å²) in [5.74, 6) is -1.22. The van der Waals surface area contributed by atoms with Crippen molar-refractivity contribution in [2.45, 2.75) is 96.2 Å². The van der Waals surface area contributed by atoms with Gasteiger partial charge in [-0.15, -0.1) is 0 Å². The molecule has 4 N–H and O–H groups in total. The van der Waals surface area contributed by atoms with Gasteiger partial charge in [0, 0.05) is 23.7 Å². The molecule has 0 aromatic carbocycles. The van der Waals surface area contributed by atoms with Crippen LogP contribution in [0, 0.1) is 28.1 Å². The summed E-state index contributed by atoms with van der Waals surface area (Å²) in [6.07, 6.45) is 6.73. The molecule has 0 radical (unpaired) electrons. The molecule has 33 heavy (non-hydrogen) atoms. The van der Waals surface area contributed by atoms with Crippen LogP contribution in [0.2, 0.25) is 0 Å². The molecule has 0 aliphatic heterocycles. The number of aliphatic carboxylic acids is 1. The SMILES string of the molecule is C[C@]12CCC(=O)C=C1CC[C@H]1[C@@H]3CC[C@](O)(C(=O)CO)[C@@]3(C)C[C@H](O)[C@@]12CCCCC(=O)O. The first kappa shape index (κ1) is 24.6. The molecule has 3 fully saturated rings. The summed E-state index contributed by atoms with van der Waals surface area (Å²) >= 11 is 0. The van der Waals surface area contributed by atoms with E-state index < -0.39 is 40.9 Å². The normalized spacial score (nSPS) is 44.5. The van der Waals surface area contributed by atoms with Crippen molar-refractivity contribution in [3.05, 3.63) is 11.6 Å². The van der Waals surface area contributed by atoms with Crippen molar-refractivity contribution in [3.8, 4) is 0 Å². The minimum Gasteiger partial charge on any atom is -0.481 e. The molecule has 0 heterocycles. The van der Waals surface area contributed by atoms with E-state index in [9.17, 15) is 29.7 Å². The zero-order chi connectivity index (χ0) is 24.2. The number of rotatable bonds is 7. The minimum atomic E-state index is -1.65. The number of carbonyl (C=O) groups is 3. The van der Waals surface area contributed by atoms with Gasteiger partial charge in [-0.2, -0.15) is 0 Å². The molecule has 0 aromatic heterocycles. The highest BCUT2D eigenvalue weighted by molar-refractivity contribution is 5.92. The van der Waals surface area contributed by atoms with Gasteiger partial charge in [0.15, 0.2) is 11.6 Å². The lowest BCUT2D eigenvalue weighted by atomic mass is 9.37. The molecule has 4 aliphatic carbocycles. The van der Waals surface area contributed by atoms with Crippen molar-refractivity contribution >= 4 is 17.5 Å². The topological polar surface area (TPSA) is 132 Å². The molecule has 0 bridgehead atoms. The van der Waals surface area contributed by atoms with Crippen LogP contribution in [0.3, 0.4) is 0 Å². The van der Waals surface area contributed by atoms with Crippen molar-refractivity contribution in [1.82, 2.24) is 0 Å². The van der Waals surface area contributed by atoms with Gasteiger partial charge in [-0.05, 0) is 74.7 Å². The molecule has 0 unspecified atom stereocenters.